The first-order valence-corrected chi connectivity index (χ1v) is 19.2. The lowest BCUT2D eigenvalue weighted by Crippen LogP contribution is -2.17. The fourth-order valence-corrected chi connectivity index (χ4v) is 7.39. The van der Waals surface area contributed by atoms with Gasteiger partial charge in [-0.05, 0) is 98.0 Å². The highest BCUT2D eigenvalue weighted by Gasteiger charge is 2.29. The monoisotopic (exact) mass is 713 g/mol. The summed E-state index contributed by atoms with van der Waals surface area (Å²) in [7, 11) is 0. The Bertz CT molecular complexity index is 2520. The number of benzene rings is 5. The highest BCUT2D eigenvalue weighted by Crippen LogP contribution is 2.45. The van der Waals surface area contributed by atoms with E-state index < -0.39 is 0 Å². The van der Waals surface area contributed by atoms with Crippen molar-refractivity contribution in [3.8, 4) is 45.1 Å². The Hall–Kier alpha value is -5.22. The lowest BCUT2D eigenvalue weighted by atomic mass is 9.79. The van der Waals surface area contributed by atoms with Crippen LogP contribution in [-0.2, 0) is 21.7 Å². The van der Waals surface area contributed by atoms with Crippen molar-refractivity contribution in [1.29, 1.82) is 0 Å². The predicted molar refractivity (Wildman–Crippen MR) is 229 cm³/mol. The Kier molecular flexibility index (Phi) is 8.91. The lowest BCUT2D eigenvalue weighted by Gasteiger charge is -2.27. The van der Waals surface area contributed by atoms with Gasteiger partial charge in [-0.1, -0.05) is 138 Å². The Morgan fingerprint density at radius 3 is 1.72 bits per heavy atom. The number of pyridine rings is 1. The summed E-state index contributed by atoms with van der Waals surface area (Å²) in [6.45, 7) is 26.7. The molecule has 2 heterocycles. The van der Waals surface area contributed by atoms with Crippen molar-refractivity contribution >= 4 is 21.9 Å². The first-order chi connectivity index (χ1) is 25.2. The number of aromatic hydroxyl groups is 1. The summed E-state index contributed by atoms with van der Waals surface area (Å²) in [5.74, 6) is 0.999. The largest absolute Gasteiger partial charge is 0.507 e. The zero-order chi connectivity index (χ0) is 39.0. The molecule has 7 rings (SSSR count). The molecule has 0 aliphatic heterocycles. The van der Waals surface area contributed by atoms with E-state index in [-0.39, 0.29) is 27.4 Å². The molecule has 7 aromatic rings. The lowest BCUT2D eigenvalue weighted by molar-refractivity contribution is 0.446. The van der Waals surface area contributed by atoms with Gasteiger partial charge >= 0.3 is 0 Å². The molecule has 5 aromatic carbocycles. The van der Waals surface area contributed by atoms with E-state index in [4.69, 9.17) is 9.97 Å². The number of phenols is 1. The van der Waals surface area contributed by atoms with Crippen molar-refractivity contribution in [2.24, 2.45) is 0 Å². The van der Waals surface area contributed by atoms with Gasteiger partial charge in [0.25, 0.3) is 0 Å². The number of aromatic nitrogens is 3. The van der Waals surface area contributed by atoms with Crippen molar-refractivity contribution < 1.29 is 5.11 Å². The van der Waals surface area contributed by atoms with Gasteiger partial charge in [0.05, 0.1) is 22.1 Å². The van der Waals surface area contributed by atoms with Crippen LogP contribution < -0.4 is 0 Å². The molecular formula is C50H55N3O. The maximum Gasteiger partial charge on any atom is 0.149 e. The molecule has 4 heteroatoms. The van der Waals surface area contributed by atoms with Crippen LogP contribution in [0.2, 0.25) is 0 Å². The zero-order valence-electron chi connectivity index (χ0n) is 34.2. The maximum absolute atomic E-state index is 12.2. The molecule has 0 radical (unpaired) electrons. The van der Waals surface area contributed by atoms with Gasteiger partial charge in [-0.2, -0.15) is 0 Å². The van der Waals surface area contributed by atoms with E-state index in [1.54, 1.807) is 0 Å². The van der Waals surface area contributed by atoms with E-state index in [1.807, 2.05) is 12.3 Å². The van der Waals surface area contributed by atoms with Gasteiger partial charge in [-0.15, -0.1) is 0 Å². The van der Waals surface area contributed by atoms with Gasteiger partial charge in [0, 0.05) is 34.0 Å². The molecule has 0 aliphatic rings. The molecule has 0 bridgehead atoms. The molecule has 0 fully saturated rings. The van der Waals surface area contributed by atoms with Crippen LogP contribution >= 0.6 is 0 Å². The average molecular weight is 714 g/mol. The van der Waals surface area contributed by atoms with Gasteiger partial charge in [0.2, 0.25) is 0 Å². The predicted octanol–water partition coefficient (Wildman–Crippen LogP) is 13.5. The summed E-state index contributed by atoms with van der Waals surface area (Å²) < 4.78 is 2.23. The van der Waals surface area contributed by atoms with E-state index in [9.17, 15) is 5.11 Å². The van der Waals surface area contributed by atoms with Crippen molar-refractivity contribution in [3.63, 3.8) is 0 Å². The molecule has 1 N–H and O–H groups in total. The van der Waals surface area contributed by atoms with Crippen LogP contribution in [0.15, 0.2) is 109 Å². The Labute approximate surface area is 322 Å². The number of hydrogen-bond donors (Lipinski definition) is 1. The summed E-state index contributed by atoms with van der Waals surface area (Å²) in [4.78, 5) is 10.4. The molecule has 0 saturated carbocycles. The Morgan fingerprint density at radius 2 is 1.09 bits per heavy atom. The van der Waals surface area contributed by atoms with Crippen molar-refractivity contribution in [2.75, 3.05) is 0 Å². The summed E-state index contributed by atoms with van der Waals surface area (Å²) in [6, 6.07) is 37.1. The minimum atomic E-state index is -0.278. The second-order valence-corrected chi connectivity index (χ2v) is 19.1. The topological polar surface area (TPSA) is 50.9 Å². The van der Waals surface area contributed by atoms with E-state index in [1.165, 1.54) is 11.1 Å². The molecule has 0 aliphatic carbocycles. The molecular weight excluding hydrogens is 659 g/mol. The number of imidazole rings is 1. The van der Waals surface area contributed by atoms with Crippen LogP contribution in [0.5, 0.6) is 5.75 Å². The number of phenolic OH excluding ortho intramolecular Hbond substituents is 1. The van der Waals surface area contributed by atoms with Crippen molar-refractivity contribution in [1.82, 2.24) is 14.5 Å². The summed E-state index contributed by atoms with van der Waals surface area (Å²) in [5, 5.41) is 13.3. The third kappa shape index (κ3) is 6.83. The standard InChI is InChI=1S/C50H55N3O/c1-47(2,3)34-21-23-37(24-22-34)53-42-20-14-19-38(44(42)52-46(53)40-29-36(49(7,8)9)30-41(45(40)54)50(10,11)12)31-16-13-17-32(26-31)39-28-35(48(4,5)6)27-33-18-15-25-51-43(33)39/h13-30,54H,1-12H3. The average Bonchev–Trinajstić information content (AvgIpc) is 3.49. The van der Waals surface area contributed by atoms with E-state index in [0.717, 1.165) is 72.4 Å². The summed E-state index contributed by atoms with van der Waals surface area (Å²) in [5.41, 5.74) is 13.1. The van der Waals surface area contributed by atoms with Gasteiger partial charge in [-0.3, -0.25) is 9.55 Å². The van der Waals surface area contributed by atoms with Crippen molar-refractivity contribution in [3.05, 3.63) is 132 Å². The molecule has 4 nitrogen and oxygen atoms in total. The molecule has 0 amide bonds. The van der Waals surface area contributed by atoms with E-state index in [0.29, 0.717) is 0 Å². The van der Waals surface area contributed by atoms with E-state index in [2.05, 4.69) is 185 Å². The maximum atomic E-state index is 12.2. The number of fused-ring (bicyclic) bond motifs is 2. The third-order valence-electron chi connectivity index (χ3n) is 10.8. The van der Waals surface area contributed by atoms with Gasteiger partial charge in [0.15, 0.2) is 0 Å². The minimum absolute atomic E-state index is 0.0149. The molecule has 54 heavy (non-hydrogen) atoms. The third-order valence-corrected chi connectivity index (χ3v) is 10.8. The second kappa shape index (κ2) is 13.0. The summed E-state index contributed by atoms with van der Waals surface area (Å²) >= 11 is 0. The molecule has 0 saturated heterocycles. The van der Waals surface area contributed by atoms with Gasteiger partial charge < -0.3 is 5.11 Å². The number of hydrogen-bond acceptors (Lipinski definition) is 3. The van der Waals surface area contributed by atoms with Crippen LogP contribution in [-0.4, -0.2) is 19.6 Å². The van der Waals surface area contributed by atoms with Crippen molar-refractivity contribution in [2.45, 2.75) is 105 Å². The molecule has 276 valence electrons. The Balaban J connectivity index is 1.51. The second-order valence-electron chi connectivity index (χ2n) is 19.1. The van der Waals surface area contributed by atoms with Crippen LogP contribution in [0.4, 0.5) is 0 Å². The summed E-state index contributed by atoms with van der Waals surface area (Å²) in [6.07, 6.45) is 1.88. The number of para-hydroxylation sites is 1. The van der Waals surface area contributed by atoms with Crippen LogP contribution in [0.3, 0.4) is 0 Å². The minimum Gasteiger partial charge on any atom is -0.507 e. The van der Waals surface area contributed by atoms with Gasteiger partial charge in [-0.25, -0.2) is 4.98 Å². The van der Waals surface area contributed by atoms with E-state index >= 15 is 0 Å². The van der Waals surface area contributed by atoms with Crippen LogP contribution in [0, 0.1) is 0 Å². The normalized spacial score (nSPS) is 12.9. The quantitative estimate of drug-likeness (QED) is 0.198. The highest BCUT2D eigenvalue weighted by atomic mass is 16.3. The van der Waals surface area contributed by atoms with Crippen LogP contribution in [0.1, 0.15) is 105 Å². The zero-order valence-corrected chi connectivity index (χ0v) is 34.2. The van der Waals surface area contributed by atoms with Crippen LogP contribution in [0.25, 0.3) is 61.3 Å². The fourth-order valence-electron chi connectivity index (χ4n) is 7.39. The first kappa shape index (κ1) is 37.1. The molecule has 0 unspecified atom stereocenters. The number of nitrogens with zero attached hydrogens (tertiary/aromatic N) is 3. The first-order valence-electron chi connectivity index (χ1n) is 19.2. The molecule has 0 spiro atoms. The fraction of sp³-hybridized carbons (Fsp3) is 0.320. The SMILES string of the molecule is CC(C)(C)c1ccc(-n2c(-c3cc(C(C)(C)C)cc(C(C)(C)C)c3O)nc3c(-c4cccc(-c5cc(C(C)(C)C)cc6cccnc56)c4)cccc32)cc1. The highest BCUT2D eigenvalue weighted by molar-refractivity contribution is 5.99. The molecule has 2 aromatic heterocycles. The molecule has 0 atom stereocenters. The Morgan fingerprint density at radius 1 is 0.500 bits per heavy atom. The van der Waals surface area contributed by atoms with Gasteiger partial charge in [0.1, 0.15) is 11.6 Å². The smallest absolute Gasteiger partial charge is 0.149 e. The number of rotatable bonds is 4.